The summed E-state index contributed by atoms with van der Waals surface area (Å²) >= 11 is 0. The molecule has 2 saturated heterocycles. The summed E-state index contributed by atoms with van der Waals surface area (Å²) in [6, 6.07) is 7.50. The number of benzene rings is 1. The smallest absolute Gasteiger partial charge is 0.253 e. The van der Waals surface area contributed by atoms with Crippen LogP contribution < -0.4 is 10.1 Å². The minimum Gasteiger partial charge on any atom is -0.497 e. The van der Waals surface area contributed by atoms with Gasteiger partial charge in [-0.3, -0.25) is 14.5 Å². The van der Waals surface area contributed by atoms with Crippen LogP contribution in [-0.4, -0.2) is 77.7 Å². The first-order valence-electron chi connectivity index (χ1n) is 11.7. The first-order chi connectivity index (χ1) is 15.0. The molecule has 0 aromatic heterocycles. The van der Waals surface area contributed by atoms with E-state index in [1.54, 1.807) is 13.2 Å². The molecule has 7 nitrogen and oxygen atoms in total. The van der Waals surface area contributed by atoms with Crippen molar-refractivity contribution in [3.05, 3.63) is 29.8 Å². The summed E-state index contributed by atoms with van der Waals surface area (Å²) in [6.07, 6.45) is 7.42. The molecule has 3 aliphatic rings. The highest BCUT2D eigenvalue weighted by molar-refractivity contribution is 5.94. The number of piperidine rings is 1. The van der Waals surface area contributed by atoms with Crippen molar-refractivity contribution >= 4 is 11.8 Å². The minimum atomic E-state index is -0.460. The summed E-state index contributed by atoms with van der Waals surface area (Å²) in [4.78, 5) is 30.0. The highest BCUT2D eigenvalue weighted by Crippen LogP contribution is 2.28. The van der Waals surface area contributed by atoms with Crippen LogP contribution in [0.2, 0.25) is 0 Å². The number of likely N-dealkylation sites (tertiary alicyclic amines) is 2. The summed E-state index contributed by atoms with van der Waals surface area (Å²) in [7, 11) is 1.60. The van der Waals surface area contributed by atoms with E-state index in [0.29, 0.717) is 37.4 Å². The summed E-state index contributed by atoms with van der Waals surface area (Å²) in [5.74, 6) is 0.766. The number of carbonyl (C=O) groups excluding carboxylic acids is 2. The van der Waals surface area contributed by atoms with E-state index in [9.17, 15) is 14.7 Å². The number of β-amino-alcohol motifs (C(OH)–C–C–N with tert-alkyl or cyclic N) is 1. The highest BCUT2D eigenvalue weighted by Gasteiger charge is 2.41. The van der Waals surface area contributed by atoms with Gasteiger partial charge in [0.05, 0.1) is 19.3 Å². The average Bonchev–Trinajstić information content (AvgIpc) is 3.21. The van der Waals surface area contributed by atoms with E-state index in [4.69, 9.17) is 4.74 Å². The van der Waals surface area contributed by atoms with Gasteiger partial charge in [0.2, 0.25) is 5.91 Å². The molecule has 1 aromatic rings. The van der Waals surface area contributed by atoms with Gasteiger partial charge in [0.15, 0.2) is 0 Å². The van der Waals surface area contributed by atoms with Crippen molar-refractivity contribution in [1.82, 2.24) is 15.1 Å². The van der Waals surface area contributed by atoms with Gasteiger partial charge in [-0.05, 0) is 50.3 Å². The molecular formula is C24H35N3O4. The molecule has 0 radical (unpaired) electrons. The molecule has 2 atom stereocenters. The molecule has 1 aromatic carbocycles. The van der Waals surface area contributed by atoms with Crippen LogP contribution in [-0.2, 0) is 4.79 Å². The van der Waals surface area contributed by atoms with Crippen LogP contribution in [0.25, 0.3) is 0 Å². The molecule has 2 heterocycles. The number of carbonyl (C=O) groups is 2. The van der Waals surface area contributed by atoms with Crippen LogP contribution in [0.1, 0.15) is 61.7 Å². The minimum absolute atomic E-state index is 0.0189. The molecule has 2 aliphatic heterocycles. The molecule has 1 saturated carbocycles. The molecule has 2 N–H and O–H groups in total. The first-order valence-corrected chi connectivity index (χ1v) is 11.7. The highest BCUT2D eigenvalue weighted by atomic mass is 16.5. The Morgan fingerprint density at radius 2 is 1.84 bits per heavy atom. The lowest BCUT2D eigenvalue weighted by atomic mass is 9.95. The number of nitrogens with one attached hydrogen (secondary N) is 1. The van der Waals surface area contributed by atoms with Crippen molar-refractivity contribution < 1.29 is 19.4 Å². The lowest BCUT2D eigenvalue weighted by Crippen LogP contribution is -2.53. The number of aliphatic hydroxyl groups excluding tert-OH is 1. The van der Waals surface area contributed by atoms with Crippen molar-refractivity contribution in [3.8, 4) is 5.75 Å². The van der Waals surface area contributed by atoms with Crippen molar-refractivity contribution in [2.45, 2.75) is 75.6 Å². The Morgan fingerprint density at radius 3 is 2.55 bits per heavy atom. The van der Waals surface area contributed by atoms with E-state index in [2.05, 4.69) is 10.2 Å². The van der Waals surface area contributed by atoms with Gasteiger partial charge in [-0.25, -0.2) is 0 Å². The zero-order valence-corrected chi connectivity index (χ0v) is 18.5. The molecule has 31 heavy (non-hydrogen) atoms. The van der Waals surface area contributed by atoms with Gasteiger partial charge >= 0.3 is 0 Å². The number of aliphatic hydroxyl groups is 1. The molecule has 4 rings (SSSR count). The Balaban J connectivity index is 1.34. The molecule has 0 bridgehead atoms. The average molecular weight is 430 g/mol. The third-order valence-electron chi connectivity index (χ3n) is 7.11. The second kappa shape index (κ2) is 10.0. The maximum Gasteiger partial charge on any atom is 0.253 e. The van der Waals surface area contributed by atoms with Gasteiger partial charge in [0.1, 0.15) is 5.75 Å². The number of rotatable bonds is 5. The van der Waals surface area contributed by atoms with Crippen molar-refractivity contribution in [3.63, 3.8) is 0 Å². The van der Waals surface area contributed by atoms with Gasteiger partial charge in [-0.2, -0.15) is 0 Å². The third kappa shape index (κ3) is 5.21. The van der Waals surface area contributed by atoms with Crippen LogP contribution in [0.3, 0.4) is 0 Å². The Morgan fingerprint density at radius 1 is 1.10 bits per heavy atom. The van der Waals surface area contributed by atoms with Crippen molar-refractivity contribution in [2.75, 3.05) is 26.7 Å². The lowest BCUT2D eigenvalue weighted by molar-refractivity contribution is -0.127. The Kier molecular flexibility index (Phi) is 7.13. The van der Waals surface area contributed by atoms with E-state index in [0.717, 1.165) is 25.7 Å². The number of amides is 2. The first kappa shape index (κ1) is 22.1. The van der Waals surface area contributed by atoms with Crippen LogP contribution in [0, 0.1) is 0 Å². The number of ether oxygens (including phenoxy) is 1. The molecule has 0 unspecified atom stereocenters. The number of methoxy groups -OCH3 is 1. The predicted octanol–water partition coefficient (Wildman–Crippen LogP) is 2.18. The zero-order valence-electron chi connectivity index (χ0n) is 18.5. The quantitative estimate of drug-likeness (QED) is 0.750. The summed E-state index contributed by atoms with van der Waals surface area (Å²) in [6.45, 7) is 1.85. The lowest BCUT2D eigenvalue weighted by Gasteiger charge is -2.39. The normalized spacial score (nSPS) is 26.1. The van der Waals surface area contributed by atoms with E-state index < -0.39 is 6.10 Å². The van der Waals surface area contributed by atoms with E-state index >= 15 is 0 Å². The Hall–Kier alpha value is -2.12. The molecule has 1 aliphatic carbocycles. The number of hydrogen-bond acceptors (Lipinski definition) is 5. The fraction of sp³-hybridized carbons (Fsp3) is 0.667. The molecular weight excluding hydrogens is 394 g/mol. The summed E-state index contributed by atoms with van der Waals surface area (Å²) in [5.41, 5.74) is 0.638. The van der Waals surface area contributed by atoms with Crippen molar-refractivity contribution in [1.29, 1.82) is 0 Å². The molecule has 3 fully saturated rings. The van der Waals surface area contributed by atoms with Crippen LogP contribution in [0.15, 0.2) is 24.3 Å². The molecule has 2 amide bonds. The molecule has 7 heteroatoms. The fourth-order valence-corrected chi connectivity index (χ4v) is 5.38. The topological polar surface area (TPSA) is 82.1 Å². The van der Waals surface area contributed by atoms with Gasteiger partial charge < -0.3 is 20.1 Å². The monoisotopic (exact) mass is 429 g/mol. The SMILES string of the molecule is COc1cccc(C(=O)N2CCC(N3C[C@H](O)C[C@H]3C(=O)NC3CCCCC3)CC2)c1. The van der Waals surface area contributed by atoms with E-state index in [1.165, 1.54) is 19.3 Å². The largest absolute Gasteiger partial charge is 0.497 e. The van der Waals surface area contributed by atoms with Crippen LogP contribution in [0.4, 0.5) is 0 Å². The second-order valence-corrected chi connectivity index (χ2v) is 9.20. The number of nitrogens with zero attached hydrogens (tertiary/aromatic N) is 2. The summed E-state index contributed by atoms with van der Waals surface area (Å²) < 4.78 is 5.24. The molecule has 170 valence electrons. The van der Waals surface area contributed by atoms with Gasteiger partial charge in [-0.1, -0.05) is 25.3 Å². The van der Waals surface area contributed by atoms with Gasteiger partial charge in [-0.15, -0.1) is 0 Å². The van der Waals surface area contributed by atoms with Gasteiger partial charge in [0, 0.05) is 37.3 Å². The molecule has 0 spiro atoms. The van der Waals surface area contributed by atoms with Crippen molar-refractivity contribution in [2.24, 2.45) is 0 Å². The maximum atomic E-state index is 13.0. The van der Waals surface area contributed by atoms with E-state index in [-0.39, 0.29) is 29.9 Å². The summed E-state index contributed by atoms with van der Waals surface area (Å²) in [5, 5.41) is 13.5. The fourth-order valence-electron chi connectivity index (χ4n) is 5.38. The second-order valence-electron chi connectivity index (χ2n) is 9.20. The number of hydrogen-bond donors (Lipinski definition) is 2. The predicted molar refractivity (Wildman–Crippen MR) is 118 cm³/mol. The Bertz CT molecular complexity index is 772. The maximum absolute atomic E-state index is 13.0. The third-order valence-corrected chi connectivity index (χ3v) is 7.11. The zero-order chi connectivity index (χ0) is 21.8. The van der Waals surface area contributed by atoms with Gasteiger partial charge in [0.25, 0.3) is 5.91 Å². The van der Waals surface area contributed by atoms with Crippen LogP contribution in [0.5, 0.6) is 5.75 Å². The Labute approximate surface area is 184 Å². The van der Waals surface area contributed by atoms with E-state index in [1.807, 2.05) is 23.1 Å². The van der Waals surface area contributed by atoms with Crippen LogP contribution >= 0.6 is 0 Å². The standard InChI is InChI=1S/C24H35N3O4/c1-31-21-9-5-6-17(14-21)24(30)26-12-10-19(11-13-26)27-16-20(28)15-22(27)23(29)25-18-7-3-2-4-8-18/h5-6,9,14,18-20,22,28H,2-4,7-8,10-13,15-16H2,1H3,(H,25,29)/t20-,22+/m1/s1.